The first kappa shape index (κ1) is 14.1. The molecule has 1 aliphatic heterocycles. The number of rotatable bonds is 3. The van der Waals surface area contributed by atoms with Crippen molar-refractivity contribution in [1.29, 1.82) is 0 Å². The highest BCUT2D eigenvalue weighted by Crippen LogP contribution is 2.38. The minimum Gasteiger partial charge on any atom is -0.375 e. The number of halogens is 3. The summed E-state index contributed by atoms with van der Waals surface area (Å²) >= 11 is 0. The van der Waals surface area contributed by atoms with Crippen LogP contribution in [0.1, 0.15) is 51.4 Å². The quantitative estimate of drug-likeness (QED) is 0.844. The lowest BCUT2D eigenvalue weighted by Crippen LogP contribution is -2.48. The van der Waals surface area contributed by atoms with Crippen LogP contribution >= 0.6 is 0 Å². The monoisotopic (exact) mass is 265 g/mol. The van der Waals surface area contributed by atoms with Crippen molar-refractivity contribution >= 4 is 0 Å². The zero-order chi connectivity index (χ0) is 13.1. The highest BCUT2D eigenvalue weighted by Gasteiger charge is 2.38. The van der Waals surface area contributed by atoms with Crippen molar-refractivity contribution in [2.24, 2.45) is 0 Å². The van der Waals surface area contributed by atoms with Gasteiger partial charge in [0.15, 0.2) is 0 Å². The third-order valence-corrected chi connectivity index (χ3v) is 4.10. The molecule has 1 saturated carbocycles. The first-order valence-corrected chi connectivity index (χ1v) is 6.93. The van der Waals surface area contributed by atoms with Crippen LogP contribution < -0.4 is 5.32 Å². The maximum atomic E-state index is 12.1. The van der Waals surface area contributed by atoms with E-state index < -0.39 is 12.6 Å². The van der Waals surface area contributed by atoms with E-state index in [4.69, 9.17) is 4.74 Å². The van der Waals surface area contributed by atoms with E-state index >= 15 is 0 Å². The maximum Gasteiger partial charge on any atom is 0.390 e. The van der Waals surface area contributed by atoms with Crippen molar-refractivity contribution in [3.8, 4) is 0 Å². The van der Waals surface area contributed by atoms with Gasteiger partial charge in [-0.3, -0.25) is 0 Å². The summed E-state index contributed by atoms with van der Waals surface area (Å²) in [6, 6.07) is 0.194. The SMILES string of the molecule is FC(F)(F)CCNC1CCOC2(CCCCC2)C1. The molecule has 1 saturated heterocycles. The molecule has 1 N–H and O–H groups in total. The lowest BCUT2D eigenvalue weighted by molar-refractivity contribution is -0.135. The zero-order valence-corrected chi connectivity index (χ0v) is 10.7. The fraction of sp³-hybridized carbons (Fsp3) is 1.00. The van der Waals surface area contributed by atoms with Gasteiger partial charge in [0.1, 0.15) is 0 Å². The van der Waals surface area contributed by atoms with Crippen LogP contribution in [-0.2, 0) is 4.74 Å². The number of alkyl halides is 3. The second kappa shape index (κ2) is 5.78. The maximum absolute atomic E-state index is 12.1. The second-order valence-electron chi connectivity index (χ2n) is 5.60. The first-order chi connectivity index (χ1) is 8.49. The lowest BCUT2D eigenvalue weighted by Gasteiger charge is -2.43. The largest absolute Gasteiger partial charge is 0.390 e. The molecule has 0 bridgehead atoms. The molecule has 2 nitrogen and oxygen atoms in total. The van der Waals surface area contributed by atoms with E-state index in [2.05, 4.69) is 5.32 Å². The van der Waals surface area contributed by atoms with Gasteiger partial charge in [0.25, 0.3) is 0 Å². The highest BCUT2D eigenvalue weighted by molar-refractivity contribution is 4.92. The van der Waals surface area contributed by atoms with Gasteiger partial charge >= 0.3 is 6.18 Å². The topological polar surface area (TPSA) is 21.3 Å². The van der Waals surface area contributed by atoms with Crippen molar-refractivity contribution in [1.82, 2.24) is 5.32 Å². The van der Waals surface area contributed by atoms with Gasteiger partial charge in [-0.2, -0.15) is 13.2 Å². The van der Waals surface area contributed by atoms with Gasteiger partial charge < -0.3 is 10.1 Å². The summed E-state index contributed by atoms with van der Waals surface area (Å²) in [7, 11) is 0. The van der Waals surface area contributed by atoms with E-state index in [9.17, 15) is 13.2 Å². The van der Waals surface area contributed by atoms with Crippen molar-refractivity contribution in [2.75, 3.05) is 13.2 Å². The molecule has 1 heterocycles. The molecule has 0 radical (unpaired) electrons. The van der Waals surface area contributed by atoms with E-state index in [1.165, 1.54) is 19.3 Å². The molecule has 1 atom stereocenters. The van der Waals surface area contributed by atoms with Crippen LogP contribution in [0.25, 0.3) is 0 Å². The third-order valence-electron chi connectivity index (χ3n) is 4.10. The fourth-order valence-electron chi connectivity index (χ4n) is 3.16. The van der Waals surface area contributed by atoms with Gasteiger partial charge in [0, 0.05) is 19.2 Å². The van der Waals surface area contributed by atoms with Crippen LogP contribution in [0.3, 0.4) is 0 Å². The molecule has 106 valence electrons. The summed E-state index contributed by atoms with van der Waals surface area (Å²) in [6.45, 7) is 0.716. The fourth-order valence-corrected chi connectivity index (χ4v) is 3.16. The Kier molecular flexibility index (Phi) is 4.54. The molecule has 0 aromatic carbocycles. The lowest BCUT2D eigenvalue weighted by atomic mass is 9.78. The summed E-state index contributed by atoms with van der Waals surface area (Å²) in [6.07, 6.45) is 2.71. The number of ether oxygens (including phenoxy) is 1. The Labute approximate surface area is 106 Å². The molecule has 2 fully saturated rings. The van der Waals surface area contributed by atoms with Crippen LogP contribution in [0, 0.1) is 0 Å². The third kappa shape index (κ3) is 4.12. The van der Waals surface area contributed by atoms with Crippen molar-refractivity contribution in [2.45, 2.75) is 69.2 Å². The molecule has 5 heteroatoms. The molecule has 2 aliphatic rings. The Morgan fingerprint density at radius 2 is 1.89 bits per heavy atom. The van der Waals surface area contributed by atoms with Crippen LogP contribution in [0.2, 0.25) is 0 Å². The van der Waals surface area contributed by atoms with Gasteiger partial charge in [-0.05, 0) is 25.7 Å². The Hall–Kier alpha value is -0.290. The predicted octanol–water partition coefficient (Wildman–Crippen LogP) is 3.41. The van der Waals surface area contributed by atoms with Crippen LogP contribution in [0.4, 0.5) is 13.2 Å². The number of hydrogen-bond acceptors (Lipinski definition) is 2. The minimum atomic E-state index is -4.05. The Balaban J connectivity index is 1.76. The molecule has 0 aromatic heterocycles. The number of hydrogen-bond donors (Lipinski definition) is 1. The average Bonchev–Trinajstić information content (AvgIpc) is 2.28. The Bertz CT molecular complexity index is 256. The van der Waals surface area contributed by atoms with Gasteiger partial charge in [0.2, 0.25) is 0 Å². The van der Waals surface area contributed by atoms with E-state index in [1.807, 2.05) is 0 Å². The summed E-state index contributed by atoms with van der Waals surface area (Å²) in [5, 5.41) is 3.05. The van der Waals surface area contributed by atoms with Crippen molar-refractivity contribution < 1.29 is 17.9 Å². The van der Waals surface area contributed by atoms with Crippen molar-refractivity contribution in [3.05, 3.63) is 0 Å². The summed E-state index contributed by atoms with van der Waals surface area (Å²) in [5.41, 5.74) is -0.0353. The Morgan fingerprint density at radius 1 is 1.17 bits per heavy atom. The summed E-state index contributed by atoms with van der Waals surface area (Å²) in [4.78, 5) is 0. The van der Waals surface area contributed by atoms with Gasteiger partial charge in [-0.15, -0.1) is 0 Å². The molecular weight excluding hydrogens is 243 g/mol. The van der Waals surface area contributed by atoms with E-state index in [1.54, 1.807) is 0 Å². The first-order valence-electron chi connectivity index (χ1n) is 6.93. The average molecular weight is 265 g/mol. The molecular formula is C13H22F3NO. The van der Waals surface area contributed by atoms with Gasteiger partial charge in [-0.1, -0.05) is 19.3 Å². The van der Waals surface area contributed by atoms with Crippen LogP contribution in [0.5, 0.6) is 0 Å². The Morgan fingerprint density at radius 3 is 2.56 bits per heavy atom. The second-order valence-corrected chi connectivity index (χ2v) is 5.60. The van der Waals surface area contributed by atoms with Crippen LogP contribution in [-0.4, -0.2) is 31.0 Å². The van der Waals surface area contributed by atoms with Crippen LogP contribution in [0.15, 0.2) is 0 Å². The number of nitrogens with one attached hydrogen (secondary N) is 1. The molecule has 2 rings (SSSR count). The molecule has 1 unspecified atom stereocenters. The molecule has 1 aliphatic carbocycles. The smallest absolute Gasteiger partial charge is 0.375 e. The normalized spacial score (nSPS) is 28.5. The van der Waals surface area contributed by atoms with E-state index in [0.29, 0.717) is 6.61 Å². The summed E-state index contributed by atoms with van der Waals surface area (Å²) in [5.74, 6) is 0. The predicted molar refractivity (Wildman–Crippen MR) is 63.5 cm³/mol. The molecule has 18 heavy (non-hydrogen) atoms. The minimum absolute atomic E-state index is 0.0320. The molecule has 0 amide bonds. The van der Waals surface area contributed by atoms with E-state index in [-0.39, 0.29) is 18.2 Å². The summed E-state index contributed by atoms with van der Waals surface area (Å²) < 4.78 is 42.2. The highest BCUT2D eigenvalue weighted by atomic mass is 19.4. The standard InChI is InChI=1S/C13H22F3NO/c14-13(15,16)7-8-17-11-4-9-18-12(10-11)5-2-1-3-6-12/h11,17H,1-10H2. The molecule has 1 spiro atoms. The van der Waals surface area contributed by atoms with Gasteiger partial charge in [-0.25, -0.2) is 0 Å². The molecule has 0 aromatic rings. The zero-order valence-electron chi connectivity index (χ0n) is 10.7. The van der Waals surface area contributed by atoms with Gasteiger partial charge in [0.05, 0.1) is 12.0 Å². The van der Waals surface area contributed by atoms with Crippen molar-refractivity contribution in [3.63, 3.8) is 0 Å². The van der Waals surface area contributed by atoms with E-state index in [0.717, 1.165) is 25.7 Å².